The quantitative estimate of drug-likeness (QED) is 0.332. The molecule has 10 heavy (non-hydrogen) atoms. The number of nitrogens with zero attached hydrogens (tertiary/aromatic N) is 1. The van der Waals surface area contributed by atoms with Crippen LogP contribution in [0.5, 0.6) is 0 Å². The average Bonchev–Trinajstić information content (AvgIpc) is 1.84. The number of hydrogen-bond acceptors (Lipinski definition) is 2. The fraction of sp³-hybridized carbons (Fsp3) is 0.500. The van der Waals surface area contributed by atoms with Crippen molar-refractivity contribution in [2.24, 2.45) is 4.99 Å². The van der Waals surface area contributed by atoms with Gasteiger partial charge in [0.05, 0.1) is 12.6 Å². The number of aliphatic imine (C=N–C) groups is 1. The lowest BCUT2D eigenvalue weighted by molar-refractivity contribution is 0.414. The highest BCUT2D eigenvalue weighted by Gasteiger charge is 2.08. The molecule has 0 aliphatic carbocycles. The molecule has 2 nitrogen and oxygen atoms in total. The molecule has 0 rings (SSSR count). The lowest BCUT2D eigenvalue weighted by atomic mass is 10.1. The Morgan fingerprint density at radius 3 is 2.60 bits per heavy atom. The van der Waals surface area contributed by atoms with Crippen LogP contribution in [0.4, 0.5) is 0 Å². The minimum atomic E-state index is -0.252. The van der Waals surface area contributed by atoms with Crippen molar-refractivity contribution in [1.82, 2.24) is 0 Å². The molecule has 0 bridgehead atoms. The Kier molecular flexibility index (Phi) is 3.52. The normalized spacial score (nSPS) is 11.1. The van der Waals surface area contributed by atoms with Gasteiger partial charge < -0.3 is 4.74 Å². The van der Waals surface area contributed by atoms with Gasteiger partial charge in [0.15, 0.2) is 6.40 Å². The Balaban J connectivity index is 4.11. The summed E-state index contributed by atoms with van der Waals surface area (Å²) < 4.78 is 4.66. The molecule has 2 heteroatoms. The molecule has 0 amide bonds. The van der Waals surface area contributed by atoms with E-state index in [9.17, 15) is 0 Å². The van der Waals surface area contributed by atoms with Gasteiger partial charge in [0.1, 0.15) is 0 Å². The molecule has 0 fully saturated rings. The predicted octanol–water partition coefficient (Wildman–Crippen LogP) is 1.78. The third-order valence-corrected chi connectivity index (χ3v) is 0.946. The zero-order valence-electron chi connectivity index (χ0n) is 6.72. The largest absolute Gasteiger partial charge is 0.487 e. The first kappa shape index (κ1) is 8.99. The standard InChI is InChI=1S/C8H13NO/c1-5-6-8(2,3)9-7-10-4/h6-7H,1H2,2-4H3. The predicted molar refractivity (Wildman–Crippen MR) is 43.3 cm³/mol. The summed E-state index contributed by atoms with van der Waals surface area (Å²) in [6.45, 7) is 7.35. The van der Waals surface area contributed by atoms with Gasteiger partial charge in [-0.05, 0) is 19.9 Å². The average molecular weight is 139 g/mol. The summed E-state index contributed by atoms with van der Waals surface area (Å²) in [4.78, 5) is 4.06. The second-order valence-electron chi connectivity index (χ2n) is 2.47. The fourth-order valence-electron chi connectivity index (χ4n) is 0.476. The van der Waals surface area contributed by atoms with E-state index in [0.717, 1.165) is 0 Å². The van der Waals surface area contributed by atoms with E-state index in [4.69, 9.17) is 0 Å². The summed E-state index contributed by atoms with van der Waals surface area (Å²) in [5, 5.41) is 0. The Morgan fingerprint density at radius 1 is 1.60 bits per heavy atom. The van der Waals surface area contributed by atoms with E-state index >= 15 is 0 Å². The number of ether oxygens (including phenoxy) is 1. The topological polar surface area (TPSA) is 21.6 Å². The van der Waals surface area contributed by atoms with E-state index in [-0.39, 0.29) is 5.54 Å². The maximum Gasteiger partial charge on any atom is 0.169 e. The van der Waals surface area contributed by atoms with Crippen LogP contribution in [0.15, 0.2) is 23.4 Å². The van der Waals surface area contributed by atoms with Crippen LogP contribution in [0.2, 0.25) is 0 Å². The van der Waals surface area contributed by atoms with Gasteiger partial charge >= 0.3 is 0 Å². The van der Waals surface area contributed by atoms with Crippen molar-refractivity contribution in [3.05, 3.63) is 18.4 Å². The van der Waals surface area contributed by atoms with Crippen molar-refractivity contribution in [2.45, 2.75) is 19.4 Å². The van der Waals surface area contributed by atoms with Crippen molar-refractivity contribution in [2.75, 3.05) is 7.11 Å². The molecular formula is C8H13NO. The Labute approximate surface area is 61.9 Å². The van der Waals surface area contributed by atoms with E-state index in [1.54, 1.807) is 13.2 Å². The zero-order valence-corrected chi connectivity index (χ0v) is 6.72. The van der Waals surface area contributed by atoms with Gasteiger partial charge in [-0.15, -0.1) is 5.73 Å². The van der Waals surface area contributed by atoms with Crippen LogP contribution >= 0.6 is 0 Å². The number of hydrogen-bond donors (Lipinski definition) is 0. The fourth-order valence-corrected chi connectivity index (χ4v) is 0.476. The lowest BCUT2D eigenvalue weighted by Gasteiger charge is -2.10. The van der Waals surface area contributed by atoms with Crippen LogP contribution < -0.4 is 0 Å². The lowest BCUT2D eigenvalue weighted by Crippen LogP contribution is -2.11. The smallest absolute Gasteiger partial charge is 0.169 e. The van der Waals surface area contributed by atoms with E-state index < -0.39 is 0 Å². The van der Waals surface area contributed by atoms with Crippen LogP contribution in [-0.2, 0) is 4.74 Å². The van der Waals surface area contributed by atoms with Crippen LogP contribution in [0.1, 0.15) is 13.8 Å². The van der Waals surface area contributed by atoms with Crippen LogP contribution in [0, 0.1) is 0 Å². The molecule has 0 N–H and O–H groups in total. The van der Waals surface area contributed by atoms with Gasteiger partial charge in [0.2, 0.25) is 0 Å². The first-order valence-electron chi connectivity index (χ1n) is 3.06. The Morgan fingerprint density at radius 2 is 2.20 bits per heavy atom. The first-order valence-corrected chi connectivity index (χ1v) is 3.06. The van der Waals surface area contributed by atoms with Gasteiger partial charge in [-0.25, -0.2) is 4.99 Å². The van der Waals surface area contributed by atoms with Gasteiger partial charge in [0.25, 0.3) is 0 Å². The second kappa shape index (κ2) is 3.91. The van der Waals surface area contributed by atoms with Crippen LogP contribution in [0.25, 0.3) is 0 Å². The van der Waals surface area contributed by atoms with Crippen molar-refractivity contribution < 1.29 is 4.74 Å². The summed E-state index contributed by atoms with van der Waals surface area (Å²) in [6, 6.07) is 0. The maximum absolute atomic E-state index is 4.66. The third kappa shape index (κ3) is 3.93. The minimum absolute atomic E-state index is 0.252. The van der Waals surface area contributed by atoms with Crippen molar-refractivity contribution in [3.8, 4) is 0 Å². The molecule has 0 radical (unpaired) electrons. The Bertz CT molecular complexity index is 164. The summed E-state index contributed by atoms with van der Waals surface area (Å²) in [6.07, 6.45) is 3.19. The van der Waals surface area contributed by atoms with Gasteiger partial charge in [0, 0.05) is 0 Å². The molecule has 0 aromatic heterocycles. The molecule has 0 aliphatic rings. The maximum atomic E-state index is 4.66. The summed E-state index contributed by atoms with van der Waals surface area (Å²) in [7, 11) is 1.57. The second-order valence-corrected chi connectivity index (χ2v) is 2.47. The van der Waals surface area contributed by atoms with E-state index in [2.05, 4.69) is 22.0 Å². The summed E-state index contributed by atoms with van der Waals surface area (Å²) >= 11 is 0. The Hall–Kier alpha value is -1.01. The first-order chi connectivity index (χ1) is 4.62. The molecule has 0 aromatic carbocycles. The van der Waals surface area contributed by atoms with Gasteiger partial charge in [-0.2, -0.15) is 0 Å². The SMILES string of the molecule is C=C=CC(C)(C)N=COC. The van der Waals surface area contributed by atoms with Gasteiger partial charge in [-0.3, -0.25) is 0 Å². The van der Waals surface area contributed by atoms with E-state index in [1.165, 1.54) is 6.40 Å². The van der Waals surface area contributed by atoms with Crippen molar-refractivity contribution in [3.63, 3.8) is 0 Å². The highest BCUT2D eigenvalue weighted by atomic mass is 16.5. The molecule has 0 saturated heterocycles. The van der Waals surface area contributed by atoms with Crippen molar-refractivity contribution in [1.29, 1.82) is 0 Å². The molecule has 0 atom stereocenters. The molecule has 0 unspecified atom stereocenters. The summed E-state index contributed by atoms with van der Waals surface area (Å²) in [5.41, 5.74) is 2.42. The molecule has 0 spiro atoms. The molecule has 0 aromatic rings. The highest BCUT2D eigenvalue weighted by molar-refractivity contribution is 5.47. The molecule has 0 saturated carbocycles. The molecule has 0 heterocycles. The van der Waals surface area contributed by atoms with Crippen molar-refractivity contribution >= 4 is 6.40 Å². The third-order valence-electron chi connectivity index (χ3n) is 0.946. The van der Waals surface area contributed by atoms with E-state index in [1.807, 2.05) is 13.8 Å². The van der Waals surface area contributed by atoms with Crippen LogP contribution in [0.3, 0.4) is 0 Å². The van der Waals surface area contributed by atoms with E-state index in [0.29, 0.717) is 0 Å². The number of rotatable bonds is 3. The number of methoxy groups -OCH3 is 1. The molecule has 0 aliphatic heterocycles. The highest BCUT2D eigenvalue weighted by Crippen LogP contribution is 2.08. The molecule has 56 valence electrons. The van der Waals surface area contributed by atoms with Crippen LogP contribution in [-0.4, -0.2) is 19.0 Å². The monoisotopic (exact) mass is 139 g/mol. The minimum Gasteiger partial charge on any atom is -0.487 e. The zero-order chi connectivity index (χ0) is 8.04. The summed E-state index contributed by atoms with van der Waals surface area (Å²) in [5.74, 6) is 0. The molecular weight excluding hydrogens is 126 g/mol. The van der Waals surface area contributed by atoms with Gasteiger partial charge in [-0.1, -0.05) is 6.58 Å².